The van der Waals surface area contributed by atoms with Crippen molar-refractivity contribution in [2.45, 2.75) is 51.4 Å². The largest absolute Gasteiger partial charge is 0.477 e. The number of aromatic carboxylic acids is 1. The number of aromatic nitrogens is 1. The van der Waals surface area contributed by atoms with Crippen LogP contribution in [0.15, 0.2) is 12.1 Å². The Morgan fingerprint density at radius 3 is 2.42 bits per heavy atom. The maximum absolute atomic E-state index is 12.8. The summed E-state index contributed by atoms with van der Waals surface area (Å²) in [6, 6.07) is 1.45. The van der Waals surface area contributed by atoms with E-state index in [-0.39, 0.29) is 12.7 Å². The molecule has 1 fully saturated rings. The second kappa shape index (κ2) is 9.18. The van der Waals surface area contributed by atoms with Crippen molar-refractivity contribution in [1.29, 1.82) is 0 Å². The van der Waals surface area contributed by atoms with Gasteiger partial charge in [0.2, 0.25) is 5.88 Å². The van der Waals surface area contributed by atoms with Crippen LogP contribution in [0.5, 0.6) is 5.88 Å². The van der Waals surface area contributed by atoms with Gasteiger partial charge < -0.3 is 19.9 Å². The van der Waals surface area contributed by atoms with Gasteiger partial charge in [0, 0.05) is 12.1 Å². The molecule has 26 heavy (non-hydrogen) atoms. The van der Waals surface area contributed by atoms with E-state index in [0.717, 1.165) is 12.5 Å². The van der Waals surface area contributed by atoms with Crippen molar-refractivity contribution in [3.05, 3.63) is 23.4 Å². The summed E-state index contributed by atoms with van der Waals surface area (Å²) in [4.78, 5) is 14.2. The van der Waals surface area contributed by atoms with Gasteiger partial charge in [-0.1, -0.05) is 0 Å². The highest BCUT2D eigenvalue weighted by Gasteiger charge is 2.36. The molecule has 1 aliphatic rings. The number of hydrogen-bond donors (Lipinski definition) is 2. The van der Waals surface area contributed by atoms with Gasteiger partial charge in [0.05, 0.1) is 6.10 Å². The summed E-state index contributed by atoms with van der Waals surface area (Å²) >= 11 is 0. The summed E-state index contributed by atoms with van der Waals surface area (Å²) in [6.45, 7) is 6.86. The number of nitrogens with one attached hydrogen (secondary N) is 1. The van der Waals surface area contributed by atoms with Crippen molar-refractivity contribution in [2.24, 2.45) is 0 Å². The molecule has 148 valence electrons. The maximum Gasteiger partial charge on any atom is 0.421 e. The molecule has 0 bridgehead atoms. The number of hydrogen-bond acceptors (Lipinski definition) is 5. The third-order valence-corrected chi connectivity index (χ3v) is 3.56. The smallest absolute Gasteiger partial charge is 0.421 e. The highest BCUT2D eigenvalue weighted by molar-refractivity contribution is 5.85. The van der Waals surface area contributed by atoms with E-state index < -0.39 is 29.3 Å². The van der Waals surface area contributed by atoms with E-state index in [1.807, 2.05) is 7.05 Å². The van der Waals surface area contributed by atoms with E-state index in [1.54, 1.807) is 0 Å². The van der Waals surface area contributed by atoms with E-state index in [9.17, 15) is 18.0 Å². The van der Waals surface area contributed by atoms with Gasteiger partial charge in [-0.3, -0.25) is 0 Å². The summed E-state index contributed by atoms with van der Waals surface area (Å²) in [7, 11) is 1.96. The molecule has 0 saturated carbocycles. The lowest BCUT2D eigenvalue weighted by Gasteiger charge is -2.15. The fourth-order valence-corrected chi connectivity index (χ4v) is 1.83. The number of nitrogens with zero attached hydrogens (tertiary/aromatic N) is 1. The quantitative estimate of drug-likeness (QED) is 0.836. The predicted molar refractivity (Wildman–Crippen MR) is 89.5 cm³/mol. The number of carboxylic acid groups (broad SMARTS) is 1. The van der Waals surface area contributed by atoms with Crippen LogP contribution in [0, 0.1) is 0 Å². The summed E-state index contributed by atoms with van der Waals surface area (Å²) in [5.74, 6) is -2.14. The number of alkyl halides is 3. The lowest BCUT2D eigenvalue weighted by molar-refractivity contribution is -0.139. The molecular weight excluding hydrogens is 353 g/mol. The Bertz CT molecular complexity index is 595. The number of rotatable bonds is 4. The number of carboxylic acids is 1. The minimum Gasteiger partial charge on any atom is -0.477 e. The third kappa shape index (κ3) is 7.57. The molecule has 0 aromatic carbocycles. The van der Waals surface area contributed by atoms with Crippen LogP contribution in [0.25, 0.3) is 0 Å². The van der Waals surface area contributed by atoms with Gasteiger partial charge in [-0.2, -0.15) is 13.2 Å². The normalized spacial score (nSPS) is 17.4. The van der Waals surface area contributed by atoms with Crippen molar-refractivity contribution in [3.8, 4) is 5.88 Å². The second-order valence-corrected chi connectivity index (χ2v) is 6.80. The molecule has 2 rings (SSSR count). The van der Waals surface area contributed by atoms with Crippen LogP contribution in [0.1, 0.15) is 49.7 Å². The highest BCUT2D eigenvalue weighted by atomic mass is 19.4. The van der Waals surface area contributed by atoms with Crippen molar-refractivity contribution >= 4 is 5.97 Å². The van der Waals surface area contributed by atoms with Gasteiger partial charge in [-0.05, 0) is 52.8 Å². The first-order chi connectivity index (χ1) is 11.9. The number of ether oxygens (including phenoxy) is 2. The van der Waals surface area contributed by atoms with Gasteiger partial charge in [0.15, 0.2) is 5.69 Å². The standard InChI is InChI=1S/C12H12F3NO4.C5H13N/c13-12(14,15)8-3-4-9(11(17)18)16-10(8)20-6-7-2-1-5-19-7;1-5(2,3)6-4/h3-4,7H,1-2,5-6H2,(H,17,18);6H,1-4H3. The monoisotopic (exact) mass is 378 g/mol. The second-order valence-electron chi connectivity index (χ2n) is 6.80. The van der Waals surface area contributed by atoms with Crippen molar-refractivity contribution < 1.29 is 32.5 Å². The average Bonchev–Trinajstić information content (AvgIpc) is 3.05. The lowest BCUT2D eigenvalue weighted by Crippen LogP contribution is -2.31. The van der Waals surface area contributed by atoms with Gasteiger partial charge >= 0.3 is 12.1 Å². The maximum atomic E-state index is 12.8. The molecule has 0 spiro atoms. The Labute approximate surface area is 150 Å². The highest BCUT2D eigenvalue weighted by Crippen LogP contribution is 2.35. The third-order valence-electron chi connectivity index (χ3n) is 3.56. The topological polar surface area (TPSA) is 80.7 Å². The first-order valence-electron chi connectivity index (χ1n) is 8.19. The first kappa shape index (κ1) is 22.2. The zero-order valence-electron chi connectivity index (χ0n) is 15.3. The molecule has 6 nitrogen and oxygen atoms in total. The summed E-state index contributed by atoms with van der Waals surface area (Å²) in [5, 5.41) is 11.9. The molecular formula is C17H25F3N2O4. The van der Waals surface area contributed by atoms with Gasteiger partial charge in [0.1, 0.15) is 12.2 Å². The molecule has 1 aliphatic heterocycles. The number of halogens is 3. The van der Waals surface area contributed by atoms with Gasteiger partial charge in [-0.25, -0.2) is 9.78 Å². The molecule has 2 N–H and O–H groups in total. The Kier molecular flexibility index (Phi) is 7.83. The Morgan fingerprint density at radius 1 is 1.38 bits per heavy atom. The van der Waals surface area contributed by atoms with Gasteiger partial charge in [0.25, 0.3) is 0 Å². The number of carbonyl (C=O) groups is 1. The molecule has 0 aliphatic carbocycles. The van der Waals surface area contributed by atoms with Crippen LogP contribution in [-0.4, -0.2) is 48.0 Å². The van der Waals surface area contributed by atoms with E-state index >= 15 is 0 Å². The molecule has 0 radical (unpaired) electrons. The van der Waals surface area contributed by atoms with Crippen molar-refractivity contribution in [2.75, 3.05) is 20.3 Å². The van der Waals surface area contributed by atoms with Crippen molar-refractivity contribution in [3.63, 3.8) is 0 Å². The zero-order valence-corrected chi connectivity index (χ0v) is 15.3. The van der Waals surface area contributed by atoms with Crippen LogP contribution in [0.2, 0.25) is 0 Å². The summed E-state index contributed by atoms with van der Waals surface area (Å²) in [6.07, 6.45) is -3.43. The van der Waals surface area contributed by atoms with Crippen molar-refractivity contribution in [1.82, 2.24) is 10.3 Å². The Balaban J connectivity index is 0.000000487. The Morgan fingerprint density at radius 2 is 2.00 bits per heavy atom. The van der Waals surface area contributed by atoms with Crippen LogP contribution < -0.4 is 10.1 Å². The fraction of sp³-hybridized carbons (Fsp3) is 0.647. The minimum absolute atomic E-state index is 0.0842. The van der Waals surface area contributed by atoms with E-state index in [2.05, 4.69) is 31.1 Å². The SMILES string of the molecule is CNC(C)(C)C.O=C(O)c1ccc(C(F)(F)F)c(OCC2CCCO2)n1. The van der Waals surface area contributed by atoms with Crippen LogP contribution in [-0.2, 0) is 10.9 Å². The average molecular weight is 378 g/mol. The van der Waals surface area contributed by atoms with Crippen LogP contribution in [0.4, 0.5) is 13.2 Å². The Hall–Kier alpha value is -1.87. The fourth-order valence-electron chi connectivity index (χ4n) is 1.83. The summed E-state index contributed by atoms with van der Waals surface area (Å²) < 4.78 is 48.6. The lowest BCUT2D eigenvalue weighted by atomic mass is 10.1. The molecule has 1 aromatic rings. The first-order valence-corrected chi connectivity index (χ1v) is 8.19. The van der Waals surface area contributed by atoms with E-state index in [1.165, 1.54) is 0 Å². The molecule has 1 saturated heterocycles. The van der Waals surface area contributed by atoms with Crippen LogP contribution in [0.3, 0.4) is 0 Å². The van der Waals surface area contributed by atoms with Crippen LogP contribution >= 0.6 is 0 Å². The molecule has 9 heteroatoms. The molecule has 0 amide bonds. The number of pyridine rings is 1. The molecule has 1 unspecified atom stereocenters. The molecule has 2 heterocycles. The molecule has 1 aromatic heterocycles. The minimum atomic E-state index is -4.66. The van der Waals surface area contributed by atoms with E-state index in [4.69, 9.17) is 14.6 Å². The zero-order chi connectivity index (χ0) is 20.0. The van der Waals surface area contributed by atoms with Gasteiger partial charge in [-0.15, -0.1) is 0 Å². The molecule has 1 atom stereocenters. The summed E-state index contributed by atoms with van der Waals surface area (Å²) in [5.41, 5.74) is -1.30. The predicted octanol–water partition coefficient (Wildman–Crippen LogP) is 3.36. The van der Waals surface area contributed by atoms with E-state index in [0.29, 0.717) is 24.6 Å².